The number of carbonyl (C=O) groups is 1. The molecule has 0 radical (unpaired) electrons. The van der Waals surface area contributed by atoms with Crippen LogP contribution in [0.15, 0.2) is 29.8 Å². The van der Waals surface area contributed by atoms with Crippen LogP contribution >= 0.6 is 0 Å². The molecule has 0 saturated carbocycles. The van der Waals surface area contributed by atoms with Gasteiger partial charge >= 0.3 is 12.1 Å². The number of anilines is 1. The molecule has 0 bridgehead atoms. The van der Waals surface area contributed by atoms with E-state index in [0.29, 0.717) is 11.3 Å². The molecule has 1 atom stereocenters. The highest BCUT2D eigenvalue weighted by atomic mass is 19.4. The summed E-state index contributed by atoms with van der Waals surface area (Å²) in [6.07, 6.45) is -3.55. The van der Waals surface area contributed by atoms with Gasteiger partial charge in [-0.2, -0.15) is 13.2 Å². The maximum Gasteiger partial charge on any atom is 0.413 e. The van der Waals surface area contributed by atoms with Gasteiger partial charge in [-0.15, -0.1) is 0 Å². The molecule has 1 aliphatic heterocycles. The molecule has 1 unspecified atom stereocenters. The first-order valence-electron chi connectivity index (χ1n) is 5.16. The van der Waals surface area contributed by atoms with E-state index >= 15 is 0 Å². The van der Waals surface area contributed by atoms with Gasteiger partial charge in [-0.3, -0.25) is 0 Å². The zero-order valence-electron chi connectivity index (χ0n) is 9.40. The van der Waals surface area contributed by atoms with Gasteiger partial charge in [0.1, 0.15) is 0 Å². The molecule has 1 aliphatic rings. The summed E-state index contributed by atoms with van der Waals surface area (Å²) in [7, 11) is 1.24. The number of halogens is 3. The van der Waals surface area contributed by atoms with Crippen molar-refractivity contribution in [2.24, 2.45) is 0 Å². The van der Waals surface area contributed by atoms with Gasteiger partial charge in [0, 0.05) is 12.7 Å². The molecule has 1 aromatic carbocycles. The normalized spacial score (nSPS) is 19.2. The minimum absolute atomic E-state index is 0.366. The highest BCUT2D eigenvalue weighted by Crippen LogP contribution is 2.38. The van der Waals surface area contributed by atoms with Crippen molar-refractivity contribution in [1.29, 1.82) is 0 Å². The molecule has 1 heterocycles. The quantitative estimate of drug-likeness (QED) is 0.840. The predicted octanol–water partition coefficient (Wildman–Crippen LogP) is 2.54. The van der Waals surface area contributed by atoms with E-state index in [-0.39, 0.29) is 0 Å². The Kier molecular flexibility index (Phi) is 2.80. The van der Waals surface area contributed by atoms with Gasteiger partial charge in [0.15, 0.2) is 6.04 Å². The van der Waals surface area contributed by atoms with Crippen LogP contribution in [0.2, 0.25) is 0 Å². The third kappa shape index (κ3) is 1.94. The monoisotopic (exact) mass is 257 g/mol. The van der Waals surface area contributed by atoms with Crippen LogP contribution in [0.5, 0.6) is 0 Å². The van der Waals surface area contributed by atoms with Gasteiger partial charge in [0.05, 0.1) is 5.57 Å². The predicted molar refractivity (Wildman–Crippen MR) is 60.3 cm³/mol. The SMILES string of the molecule is CN1c2ccccc2C=C(C(=O)O)C1C(F)(F)F. The van der Waals surface area contributed by atoms with Crippen molar-refractivity contribution in [3.63, 3.8) is 0 Å². The number of fused-ring (bicyclic) bond motifs is 1. The number of likely N-dealkylation sites (N-methyl/N-ethyl adjacent to an activating group) is 1. The molecule has 1 aromatic rings. The minimum atomic E-state index is -4.63. The molecule has 96 valence electrons. The molecular formula is C12H10F3NO2. The Bertz CT molecular complexity index is 522. The maximum atomic E-state index is 13.0. The second-order valence-corrected chi connectivity index (χ2v) is 4.02. The summed E-state index contributed by atoms with van der Waals surface area (Å²) < 4.78 is 38.9. The Morgan fingerprint density at radius 1 is 1.33 bits per heavy atom. The van der Waals surface area contributed by atoms with Crippen LogP contribution in [0.3, 0.4) is 0 Å². The topological polar surface area (TPSA) is 40.5 Å². The van der Waals surface area contributed by atoms with E-state index in [2.05, 4.69) is 0 Å². The van der Waals surface area contributed by atoms with E-state index < -0.39 is 23.8 Å². The summed E-state index contributed by atoms with van der Waals surface area (Å²) in [6, 6.07) is 4.26. The molecule has 0 saturated heterocycles. The van der Waals surface area contributed by atoms with Crippen molar-refractivity contribution in [1.82, 2.24) is 0 Å². The average molecular weight is 257 g/mol. The van der Waals surface area contributed by atoms with Crippen molar-refractivity contribution in [3.05, 3.63) is 35.4 Å². The van der Waals surface area contributed by atoms with Crippen molar-refractivity contribution in [2.45, 2.75) is 12.2 Å². The lowest BCUT2D eigenvalue weighted by atomic mass is 9.95. The highest BCUT2D eigenvalue weighted by Gasteiger charge is 2.48. The van der Waals surface area contributed by atoms with E-state index in [9.17, 15) is 18.0 Å². The summed E-state index contributed by atoms with van der Waals surface area (Å²) in [5, 5.41) is 8.92. The number of para-hydroxylation sites is 1. The third-order valence-electron chi connectivity index (χ3n) is 2.87. The van der Waals surface area contributed by atoms with Crippen LogP contribution in [0, 0.1) is 0 Å². The summed E-state index contributed by atoms with van der Waals surface area (Å²) in [4.78, 5) is 11.9. The van der Waals surface area contributed by atoms with Crippen LogP contribution < -0.4 is 4.90 Å². The summed E-state index contributed by atoms with van der Waals surface area (Å²) in [5.74, 6) is -1.56. The van der Waals surface area contributed by atoms with Crippen molar-refractivity contribution in [2.75, 3.05) is 11.9 Å². The Hall–Kier alpha value is -1.98. The number of carboxylic acid groups (broad SMARTS) is 1. The van der Waals surface area contributed by atoms with E-state index in [0.717, 1.165) is 11.0 Å². The summed E-state index contributed by atoms with van der Waals surface area (Å²) in [6.45, 7) is 0. The number of hydrogen-bond donors (Lipinski definition) is 1. The average Bonchev–Trinajstić information content (AvgIpc) is 2.27. The van der Waals surface area contributed by atoms with Crippen molar-refractivity contribution >= 4 is 17.7 Å². The van der Waals surface area contributed by atoms with Gasteiger partial charge < -0.3 is 10.0 Å². The molecule has 1 N–H and O–H groups in total. The zero-order valence-corrected chi connectivity index (χ0v) is 9.40. The second kappa shape index (κ2) is 4.04. The first-order chi connectivity index (χ1) is 8.32. The standard InChI is InChI=1S/C12H10F3NO2/c1-16-9-5-3-2-4-7(9)6-8(11(17)18)10(16)12(13,14)15/h2-6,10H,1H3,(H,17,18). The summed E-state index contributed by atoms with van der Waals surface area (Å²) >= 11 is 0. The van der Waals surface area contributed by atoms with Gasteiger partial charge in [-0.05, 0) is 17.7 Å². The van der Waals surface area contributed by atoms with Gasteiger partial charge in [0.2, 0.25) is 0 Å². The Morgan fingerprint density at radius 3 is 2.50 bits per heavy atom. The highest BCUT2D eigenvalue weighted by molar-refractivity contribution is 5.97. The molecule has 3 nitrogen and oxygen atoms in total. The molecule has 2 rings (SSSR count). The molecule has 0 amide bonds. The van der Waals surface area contributed by atoms with Crippen LogP contribution in [-0.4, -0.2) is 30.3 Å². The third-order valence-corrected chi connectivity index (χ3v) is 2.87. The van der Waals surface area contributed by atoms with Crippen LogP contribution in [0.25, 0.3) is 6.08 Å². The molecule has 6 heteroatoms. The minimum Gasteiger partial charge on any atom is -0.478 e. The lowest BCUT2D eigenvalue weighted by molar-refractivity contribution is -0.150. The zero-order chi connectivity index (χ0) is 13.5. The summed E-state index contributed by atoms with van der Waals surface area (Å²) in [5.41, 5.74) is 0.173. The Balaban J connectivity index is 2.61. The van der Waals surface area contributed by atoms with Crippen LogP contribution in [-0.2, 0) is 4.79 Å². The molecule has 0 spiro atoms. The van der Waals surface area contributed by atoms with E-state index in [1.54, 1.807) is 18.2 Å². The number of rotatable bonds is 1. The van der Waals surface area contributed by atoms with E-state index in [4.69, 9.17) is 5.11 Å². The second-order valence-electron chi connectivity index (χ2n) is 4.02. The van der Waals surface area contributed by atoms with Gasteiger partial charge in [-0.1, -0.05) is 18.2 Å². The first-order valence-corrected chi connectivity index (χ1v) is 5.16. The van der Waals surface area contributed by atoms with Crippen LogP contribution in [0.1, 0.15) is 5.56 Å². The fourth-order valence-corrected chi connectivity index (χ4v) is 2.10. The fraction of sp³-hybridized carbons (Fsp3) is 0.250. The smallest absolute Gasteiger partial charge is 0.413 e. The number of alkyl halides is 3. The maximum absolute atomic E-state index is 13.0. The molecular weight excluding hydrogens is 247 g/mol. The number of nitrogens with zero attached hydrogens (tertiary/aromatic N) is 1. The fourth-order valence-electron chi connectivity index (χ4n) is 2.10. The molecule has 0 aliphatic carbocycles. The molecule has 18 heavy (non-hydrogen) atoms. The molecule has 0 fully saturated rings. The number of benzene rings is 1. The number of carboxylic acids is 1. The van der Waals surface area contributed by atoms with Gasteiger partial charge in [-0.25, -0.2) is 4.79 Å². The Labute approximate surface area is 101 Å². The van der Waals surface area contributed by atoms with Crippen LogP contribution in [0.4, 0.5) is 18.9 Å². The largest absolute Gasteiger partial charge is 0.478 e. The number of aliphatic carboxylic acids is 1. The van der Waals surface area contributed by atoms with E-state index in [1.165, 1.54) is 13.1 Å². The lowest BCUT2D eigenvalue weighted by Crippen LogP contribution is -2.48. The number of hydrogen-bond acceptors (Lipinski definition) is 2. The van der Waals surface area contributed by atoms with Crippen molar-refractivity contribution in [3.8, 4) is 0 Å². The Morgan fingerprint density at radius 2 is 1.94 bits per heavy atom. The van der Waals surface area contributed by atoms with Gasteiger partial charge in [0.25, 0.3) is 0 Å². The molecule has 0 aromatic heterocycles. The van der Waals surface area contributed by atoms with Crippen molar-refractivity contribution < 1.29 is 23.1 Å². The lowest BCUT2D eigenvalue weighted by Gasteiger charge is -2.36. The van der Waals surface area contributed by atoms with E-state index in [1.807, 2.05) is 0 Å². The first kappa shape index (κ1) is 12.5.